The van der Waals surface area contributed by atoms with E-state index in [0.717, 1.165) is 17.0 Å². The molecule has 5 nitrogen and oxygen atoms in total. The number of hydrogen-bond acceptors (Lipinski definition) is 4. The molecule has 0 saturated heterocycles. The van der Waals surface area contributed by atoms with E-state index >= 15 is 0 Å². The van der Waals surface area contributed by atoms with Crippen molar-refractivity contribution in [3.8, 4) is 11.4 Å². The van der Waals surface area contributed by atoms with Gasteiger partial charge in [-0.15, -0.1) is 16.8 Å². The van der Waals surface area contributed by atoms with Crippen LogP contribution in [0.2, 0.25) is 0 Å². The van der Waals surface area contributed by atoms with E-state index in [1.165, 1.54) is 17.3 Å². The van der Waals surface area contributed by atoms with Gasteiger partial charge in [0.25, 0.3) is 0 Å². The summed E-state index contributed by atoms with van der Waals surface area (Å²) in [4.78, 5) is 12.4. The molecule has 1 aromatic heterocycles. The van der Waals surface area contributed by atoms with Gasteiger partial charge in [-0.1, -0.05) is 78.0 Å². The van der Waals surface area contributed by atoms with Gasteiger partial charge in [-0.25, -0.2) is 0 Å². The zero-order valence-electron chi connectivity index (χ0n) is 16.1. The van der Waals surface area contributed by atoms with Crippen LogP contribution in [0.3, 0.4) is 0 Å². The van der Waals surface area contributed by atoms with Crippen LogP contribution in [-0.2, 0) is 11.3 Å². The summed E-state index contributed by atoms with van der Waals surface area (Å²) in [6.07, 6.45) is 1.81. The third-order valence-corrected chi connectivity index (χ3v) is 5.31. The second-order valence-corrected chi connectivity index (χ2v) is 7.50. The van der Waals surface area contributed by atoms with E-state index in [0.29, 0.717) is 11.7 Å². The predicted molar refractivity (Wildman–Crippen MR) is 114 cm³/mol. The molecule has 1 N–H and O–H groups in total. The summed E-state index contributed by atoms with van der Waals surface area (Å²) in [5.41, 5.74) is 3.27. The van der Waals surface area contributed by atoms with Crippen molar-refractivity contribution < 1.29 is 4.79 Å². The van der Waals surface area contributed by atoms with E-state index in [9.17, 15) is 4.79 Å². The maximum Gasteiger partial charge on any atom is 0.230 e. The number of aryl methyl sites for hydroxylation is 1. The number of rotatable bonds is 8. The number of nitrogens with zero attached hydrogens (tertiary/aromatic N) is 3. The number of amides is 1. The molecule has 1 amide bonds. The van der Waals surface area contributed by atoms with Crippen molar-refractivity contribution in [1.29, 1.82) is 0 Å². The minimum Gasteiger partial charge on any atom is -0.349 e. The minimum absolute atomic E-state index is 0.0357. The van der Waals surface area contributed by atoms with Gasteiger partial charge in [-0.05, 0) is 19.4 Å². The molecule has 0 aliphatic carbocycles. The fourth-order valence-electron chi connectivity index (χ4n) is 2.84. The number of thioether (sulfide) groups is 1. The van der Waals surface area contributed by atoms with E-state index in [2.05, 4.69) is 29.0 Å². The molecule has 2 aromatic carbocycles. The lowest BCUT2D eigenvalue weighted by Crippen LogP contribution is -2.28. The highest BCUT2D eigenvalue weighted by atomic mass is 32.2. The lowest BCUT2D eigenvalue weighted by Gasteiger charge is -2.14. The van der Waals surface area contributed by atoms with Crippen molar-refractivity contribution >= 4 is 17.7 Å². The molecule has 6 heteroatoms. The van der Waals surface area contributed by atoms with Gasteiger partial charge in [-0.2, -0.15) is 0 Å². The molecule has 1 atom stereocenters. The monoisotopic (exact) mass is 392 g/mol. The molecule has 0 unspecified atom stereocenters. The van der Waals surface area contributed by atoms with Crippen molar-refractivity contribution in [1.82, 2.24) is 20.1 Å². The standard InChI is InChI=1S/C22H24N4OS/c1-4-14-26-21(19-12-10-16(2)11-13-19)24-25-22(26)28-15-20(27)23-17(3)18-8-6-5-7-9-18/h4-13,17H,1,14-15H2,2-3H3,(H,23,27)/t17-/m1/s1. The molecular weight excluding hydrogens is 368 g/mol. The van der Waals surface area contributed by atoms with E-state index in [4.69, 9.17) is 0 Å². The third-order valence-electron chi connectivity index (χ3n) is 4.35. The van der Waals surface area contributed by atoms with Gasteiger partial charge in [0.1, 0.15) is 0 Å². The fourth-order valence-corrected chi connectivity index (χ4v) is 3.60. The number of nitrogens with one attached hydrogen (secondary N) is 1. The van der Waals surface area contributed by atoms with E-state index < -0.39 is 0 Å². The highest BCUT2D eigenvalue weighted by Crippen LogP contribution is 2.24. The maximum atomic E-state index is 12.4. The lowest BCUT2D eigenvalue weighted by atomic mass is 10.1. The van der Waals surface area contributed by atoms with E-state index in [1.807, 2.05) is 72.2 Å². The van der Waals surface area contributed by atoms with E-state index in [1.54, 1.807) is 0 Å². The van der Waals surface area contributed by atoms with Crippen LogP contribution in [0, 0.1) is 6.92 Å². The minimum atomic E-state index is -0.0385. The Kier molecular flexibility index (Phi) is 6.66. The number of hydrogen-bond donors (Lipinski definition) is 1. The Morgan fingerprint density at radius 1 is 1.18 bits per heavy atom. The summed E-state index contributed by atoms with van der Waals surface area (Å²) >= 11 is 1.38. The first-order valence-corrected chi connectivity index (χ1v) is 10.1. The van der Waals surface area contributed by atoms with Gasteiger partial charge in [0.15, 0.2) is 11.0 Å². The average molecular weight is 393 g/mol. The lowest BCUT2D eigenvalue weighted by molar-refractivity contribution is -0.119. The van der Waals surface area contributed by atoms with Crippen molar-refractivity contribution in [2.24, 2.45) is 0 Å². The van der Waals surface area contributed by atoms with Gasteiger partial charge in [0.2, 0.25) is 5.91 Å². The SMILES string of the molecule is C=CCn1c(SCC(=O)N[C@H](C)c2ccccc2)nnc1-c1ccc(C)cc1. The molecule has 0 aliphatic rings. The van der Waals surface area contributed by atoms with Gasteiger partial charge in [-0.3, -0.25) is 9.36 Å². The van der Waals surface area contributed by atoms with Gasteiger partial charge >= 0.3 is 0 Å². The van der Waals surface area contributed by atoms with Crippen LogP contribution < -0.4 is 5.32 Å². The van der Waals surface area contributed by atoms with Gasteiger partial charge < -0.3 is 5.32 Å². The van der Waals surface area contributed by atoms with Crippen molar-refractivity contribution in [3.05, 3.63) is 78.4 Å². The average Bonchev–Trinajstić information content (AvgIpc) is 3.10. The molecular formula is C22H24N4OS. The predicted octanol–water partition coefficient (Wildman–Crippen LogP) is 4.41. The molecule has 0 saturated carbocycles. The summed E-state index contributed by atoms with van der Waals surface area (Å²) in [5, 5.41) is 12.4. The first-order valence-electron chi connectivity index (χ1n) is 9.16. The Hall–Kier alpha value is -2.86. The summed E-state index contributed by atoms with van der Waals surface area (Å²) in [5.74, 6) is 1.02. The summed E-state index contributed by atoms with van der Waals surface area (Å²) < 4.78 is 1.98. The molecule has 1 heterocycles. The van der Waals surface area contributed by atoms with Crippen LogP contribution in [0.4, 0.5) is 0 Å². The molecule has 0 fully saturated rings. The normalized spacial score (nSPS) is 11.8. The van der Waals surface area contributed by atoms with Gasteiger partial charge in [0, 0.05) is 12.1 Å². The molecule has 0 radical (unpaired) electrons. The first-order chi connectivity index (χ1) is 13.6. The highest BCUT2D eigenvalue weighted by Gasteiger charge is 2.16. The maximum absolute atomic E-state index is 12.4. The van der Waals surface area contributed by atoms with Crippen LogP contribution in [0.25, 0.3) is 11.4 Å². The summed E-state index contributed by atoms with van der Waals surface area (Å²) in [6.45, 7) is 8.44. The Bertz CT molecular complexity index is 935. The molecule has 0 bridgehead atoms. The second kappa shape index (κ2) is 9.37. The van der Waals surface area contributed by atoms with Crippen LogP contribution in [0.5, 0.6) is 0 Å². The summed E-state index contributed by atoms with van der Waals surface area (Å²) in [7, 11) is 0. The number of allylic oxidation sites excluding steroid dienone is 1. The molecule has 0 aliphatic heterocycles. The topological polar surface area (TPSA) is 59.8 Å². The number of carbonyl (C=O) groups is 1. The molecule has 144 valence electrons. The van der Waals surface area contributed by atoms with Crippen molar-refractivity contribution in [2.45, 2.75) is 31.6 Å². The van der Waals surface area contributed by atoms with Crippen molar-refractivity contribution in [3.63, 3.8) is 0 Å². The first kappa shape index (κ1) is 19.9. The van der Waals surface area contributed by atoms with Crippen LogP contribution in [-0.4, -0.2) is 26.4 Å². The number of benzene rings is 2. The van der Waals surface area contributed by atoms with E-state index in [-0.39, 0.29) is 17.7 Å². The molecule has 0 spiro atoms. The zero-order chi connectivity index (χ0) is 19.9. The number of carbonyl (C=O) groups excluding carboxylic acids is 1. The van der Waals surface area contributed by atoms with Crippen molar-refractivity contribution in [2.75, 3.05) is 5.75 Å². The zero-order valence-corrected chi connectivity index (χ0v) is 16.9. The van der Waals surface area contributed by atoms with Crippen LogP contribution >= 0.6 is 11.8 Å². The fraction of sp³-hybridized carbons (Fsp3) is 0.227. The van der Waals surface area contributed by atoms with Crippen LogP contribution in [0.1, 0.15) is 24.1 Å². The largest absolute Gasteiger partial charge is 0.349 e. The molecule has 3 aromatic rings. The van der Waals surface area contributed by atoms with Gasteiger partial charge in [0.05, 0.1) is 11.8 Å². The Balaban J connectivity index is 1.67. The molecule has 3 rings (SSSR count). The summed E-state index contributed by atoms with van der Waals surface area (Å²) in [6, 6.07) is 18.0. The highest BCUT2D eigenvalue weighted by molar-refractivity contribution is 7.99. The Morgan fingerprint density at radius 2 is 1.89 bits per heavy atom. The second-order valence-electron chi connectivity index (χ2n) is 6.56. The Labute approximate surface area is 169 Å². The Morgan fingerprint density at radius 3 is 2.57 bits per heavy atom. The quantitative estimate of drug-likeness (QED) is 0.456. The smallest absolute Gasteiger partial charge is 0.230 e. The molecule has 28 heavy (non-hydrogen) atoms. The third kappa shape index (κ3) is 4.89. The van der Waals surface area contributed by atoms with Crippen LogP contribution in [0.15, 0.2) is 72.4 Å². The number of aromatic nitrogens is 3.